The molecule has 1 aliphatic carbocycles. The van der Waals surface area contributed by atoms with Crippen molar-refractivity contribution >= 4 is 17.6 Å². The van der Waals surface area contributed by atoms with Gasteiger partial charge in [-0.05, 0) is 12.1 Å². The molecule has 16 heavy (non-hydrogen) atoms. The second-order valence-corrected chi connectivity index (χ2v) is 3.77. The van der Waals surface area contributed by atoms with Gasteiger partial charge in [-0.25, -0.2) is 0 Å². The monoisotopic (exact) mass is 212 g/mol. The summed E-state index contributed by atoms with van der Waals surface area (Å²) in [6, 6.07) is 7.42. The molecule has 3 heteroatoms. The van der Waals surface area contributed by atoms with Crippen LogP contribution < -0.4 is 4.74 Å². The third-order valence-corrected chi connectivity index (χ3v) is 2.63. The van der Waals surface area contributed by atoms with Gasteiger partial charge in [0.2, 0.25) is 0 Å². The Morgan fingerprint density at radius 3 is 2.75 bits per heavy atom. The van der Waals surface area contributed by atoms with Crippen LogP contribution in [0.2, 0.25) is 0 Å². The van der Waals surface area contributed by atoms with Crippen LogP contribution in [0.15, 0.2) is 41.7 Å². The Hall–Kier alpha value is -2.16. The predicted octanol–water partition coefficient (Wildman–Crippen LogP) is 1.89. The summed E-state index contributed by atoms with van der Waals surface area (Å²) in [7, 11) is 0. The molecule has 0 unspecified atom stereocenters. The van der Waals surface area contributed by atoms with E-state index in [0.29, 0.717) is 17.1 Å². The van der Waals surface area contributed by atoms with Gasteiger partial charge in [-0.3, -0.25) is 9.59 Å². The van der Waals surface area contributed by atoms with Crippen molar-refractivity contribution in [2.75, 3.05) is 0 Å². The highest BCUT2D eigenvalue weighted by molar-refractivity contribution is 6.19. The lowest BCUT2D eigenvalue weighted by Crippen LogP contribution is -2.21. The Balaban J connectivity index is 2.19. The number of para-hydroxylation sites is 1. The van der Waals surface area contributed by atoms with E-state index in [0.717, 1.165) is 5.56 Å². The zero-order valence-corrected chi connectivity index (χ0v) is 8.40. The predicted molar refractivity (Wildman–Crippen MR) is 57.8 cm³/mol. The summed E-state index contributed by atoms with van der Waals surface area (Å²) in [5.74, 6) is 0.688. The van der Waals surface area contributed by atoms with E-state index in [4.69, 9.17) is 4.74 Å². The van der Waals surface area contributed by atoms with Crippen LogP contribution in [0.3, 0.4) is 0 Å². The molecule has 78 valence electrons. The fraction of sp³-hybridized carbons (Fsp3) is 0.0769. The Morgan fingerprint density at radius 2 is 1.88 bits per heavy atom. The molecule has 1 aromatic rings. The maximum atomic E-state index is 11.6. The first-order valence-electron chi connectivity index (χ1n) is 5.01. The number of allylic oxidation sites excluding steroid dienone is 2. The summed E-state index contributed by atoms with van der Waals surface area (Å²) in [4.78, 5) is 22.9. The van der Waals surface area contributed by atoms with Gasteiger partial charge in [0.05, 0.1) is 12.0 Å². The van der Waals surface area contributed by atoms with Crippen molar-refractivity contribution in [1.82, 2.24) is 0 Å². The van der Waals surface area contributed by atoms with E-state index in [2.05, 4.69) is 0 Å². The van der Waals surface area contributed by atoms with Crippen molar-refractivity contribution < 1.29 is 14.3 Å². The minimum Gasteiger partial charge on any atom is -0.456 e. The number of hydrogen-bond acceptors (Lipinski definition) is 3. The standard InChI is InChI=1S/C13H8O3/c14-9-6-11(15)10-5-8-3-1-2-4-12(8)16-13(10)7-9/h1-5,7H,6H2. The zero-order chi connectivity index (χ0) is 11.1. The van der Waals surface area contributed by atoms with E-state index >= 15 is 0 Å². The highest BCUT2D eigenvalue weighted by atomic mass is 16.5. The van der Waals surface area contributed by atoms with E-state index in [1.54, 1.807) is 6.08 Å². The van der Waals surface area contributed by atoms with Crippen LogP contribution in [0.25, 0.3) is 6.08 Å². The van der Waals surface area contributed by atoms with Crippen molar-refractivity contribution in [3.8, 4) is 5.75 Å². The molecule has 2 aliphatic rings. The van der Waals surface area contributed by atoms with Gasteiger partial charge in [-0.2, -0.15) is 0 Å². The van der Waals surface area contributed by atoms with Crippen molar-refractivity contribution in [3.05, 3.63) is 47.2 Å². The fourth-order valence-electron chi connectivity index (χ4n) is 1.87. The van der Waals surface area contributed by atoms with Crippen LogP contribution in [-0.2, 0) is 9.59 Å². The van der Waals surface area contributed by atoms with E-state index in [1.165, 1.54) is 6.08 Å². The van der Waals surface area contributed by atoms with Gasteiger partial charge in [0, 0.05) is 11.6 Å². The summed E-state index contributed by atoms with van der Waals surface area (Å²) in [5, 5.41) is 0. The van der Waals surface area contributed by atoms with E-state index in [9.17, 15) is 9.59 Å². The van der Waals surface area contributed by atoms with Gasteiger partial charge in [0.15, 0.2) is 11.6 Å². The van der Waals surface area contributed by atoms with E-state index < -0.39 is 0 Å². The molecule has 1 aromatic carbocycles. The van der Waals surface area contributed by atoms with Gasteiger partial charge in [0.1, 0.15) is 11.5 Å². The normalized spacial score (nSPS) is 18.0. The minimum atomic E-state index is -0.198. The van der Waals surface area contributed by atoms with Gasteiger partial charge >= 0.3 is 0 Å². The van der Waals surface area contributed by atoms with Crippen molar-refractivity contribution in [2.45, 2.75) is 6.42 Å². The molecule has 0 bridgehead atoms. The maximum absolute atomic E-state index is 11.6. The lowest BCUT2D eigenvalue weighted by atomic mass is 9.93. The summed E-state index contributed by atoms with van der Waals surface area (Å²) in [6.45, 7) is 0. The average molecular weight is 212 g/mol. The minimum absolute atomic E-state index is 0.0547. The van der Waals surface area contributed by atoms with Crippen molar-refractivity contribution in [2.24, 2.45) is 0 Å². The van der Waals surface area contributed by atoms with Crippen LogP contribution in [0.4, 0.5) is 0 Å². The average Bonchev–Trinajstić information content (AvgIpc) is 2.27. The van der Waals surface area contributed by atoms with Gasteiger partial charge < -0.3 is 4.74 Å². The van der Waals surface area contributed by atoms with E-state index in [-0.39, 0.29) is 18.0 Å². The fourth-order valence-corrected chi connectivity index (χ4v) is 1.87. The Bertz CT molecular complexity index is 564. The molecule has 1 heterocycles. The topological polar surface area (TPSA) is 43.4 Å². The SMILES string of the molecule is O=C1C=C2Oc3ccccc3C=C2C(=O)C1. The van der Waals surface area contributed by atoms with Gasteiger partial charge in [-0.1, -0.05) is 18.2 Å². The van der Waals surface area contributed by atoms with Gasteiger partial charge in [-0.15, -0.1) is 0 Å². The first kappa shape index (κ1) is 9.09. The first-order chi connectivity index (χ1) is 7.74. The number of ether oxygens (including phenoxy) is 1. The lowest BCUT2D eigenvalue weighted by molar-refractivity contribution is -0.123. The van der Waals surface area contributed by atoms with Crippen LogP contribution >= 0.6 is 0 Å². The Morgan fingerprint density at radius 1 is 1.06 bits per heavy atom. The zero-order valence-electron chi connectivity index (χ0n) is 8.40. The lowest BCUT2D eigenvalue weighted by Gasteiger charge is -2.21. The number of carbonyl (C=O) groups excluding carboxylic acids is 2. The molecule has 3 nitrogen and oxygen atoms in total. The molecule has 0 spiro atoms. The van der Waals surface area contributed by atoms with Crippen molar-refractivity contribution in [3.63, 3.8) is 0 Å². The number of hydrogen-bond donors (Lipinski definition) is 0. The largest absolute Gasteiger partial charge is 0.456 e. The molecule has 0 saturated heterocycles. The summed E-state index contributed by atoms with van der Waals surface area (Å²) < 4.78 is 5.53. The molecule has 0 fully saturated rings. The first-order valence-corrected chi connectivity index (χ1v) is 5.01. The smallest absolute Gasteiger partial charge is 0.174 e. The second-order valence-electron chi connectivity index (χ2n) is 3.77. The summed E-state index contributed by atoms with van der Waals surface area (Å²) >= 11 is 0. The second kappa shape index (κ2) is 3.17. The number of Topliss-reactive ketones (excluding diaryl/α,β-unsaturated/α-hetero) is 1. The summed E-state index contributed by atoms with van der Waals surface area (Å²) in [5.41, 5.74) is 1.37. The number of ketones is 2. The summed E-state index contributed by atoms with van der Waals surface area (Å²) in [6.07, 6.45) is 3.11. The number of fused-ring (bicyclic) bond motifs is 2. The number of rotatable bonds is 0. The third-order valence-electron chi connectivity index (χ3n) is 2.63. The maximum Gasteiger partial charge on any atom is 0.174 e. The molecule has 0 saturated carbocycles. The van der Waals surface area contributed by atoms with Crippen LogP contribution in [0.5, 0.6) is 5.75 Å². The van der Waals surface area contributed by atoms with Crippen molar-refractivity contribution in [1.29, 1.82) is 0 Å². The quantitative estimate of drug-likeness (QED) is 0.617. The third kappa shape index (κ3) is 1.29. The molecule has 1 aliphatic heterocycles. The molecular formula is C13H8O3. The van der Waals surface area contributed by atoms with Crippen LogP contribution in [-0.4, -0.2) is 11.6 Å². The highest BCUT2D eigenvalue weighted by Crippen LogP contribution is 2.33. The molecular weight excluding hydrogens is 204 g/mol. The Labute approximate surface area is 92.0 Å². The van der Waals surface area contributed by atoms with Gasteiger partial charge in [0.25, 0.3) is 0 Å². The number of benzene rings is 1. The molecule has 0 atom stereocenters. The molecule has 0 amide bonds. The van der Waals surface area contributed by atoms with Crippen LogP contribution in [0.1, 0.15) is 12.0 Å². The Kier molecular flexibility index (Phi) is 1.80. The molecule has 3 rings (SSSR count). The molecule has 0 N–H and O–H groups in total. The van der Waals surface area contributed by atoms with E-state index in [1.807, 2.05) is 24.3 Å². The number of carbonyl (C=O) groups is 2. The molecule has 0 radical (unpaired) electrons. The highest BCUT2D eigenvalue weighted by Gasteiger charge is 2.28. The van der Waals surface area contributed by atoms with Crippen LogP contribution in [0, 0.1) is 0 Å². The molecule has 0 aromatic heterocycles.